The highest BCUT2D eigenvalue weighted by atomic mass is 16.5. The van der Waals surface area contributed by atoms with Crippen molar-refractivity contribution in [3.05, 3.63) is 17.5 Å². The number of amides is 1. The summed E-state index contributed by atoms with van der Waals surface area (Å²) in [6, 6.07) is 2.18. The first-order valence-electron chi connectivity index (χ1n) is 8.77. The summed E-state index contributed by atoms with van der Waals surface area (Å²) in [7, 11) is 1.85. The molecule has 128 valence electrons. The summed E-state index contributed by atoms with van der Waals surface area (Å²) in [5.74, 6) is 0.110. The van der Waals surface area contributed by atoms with Crippen LogP contribution in [0.5, 0.6) is 0 Å². The predicted octanol–water partition coefficient (Wildman–Crippen LogP) is 1.45. The van der Waals surface area contributed by atoms with E-state index >= 15 is 0 Å². The highest BCUT2D eigenvalue weighted by Crippen LogP contribution is 2.18. The van der Waals surface area contributed by atoms with Gasteiger partial charge in [0, 0.05) is 39.4 Å². The Balaban J connectivity index is 1.72. The molecule has 0 N–H and O–H groups in total. The van der Waals surface area contributed by atoms with Crippen LogP contribution in [0.2, 0.25) is 0 Å². The number of carbonyl (C=O) groups is 1. The van der Waals surface area contributed by atoms with E-state index in [0.29, 0.717) is 5.69 Å². The van der Waals surface area contributed by atoms with Gasteiger partial charge in [-0.05, 0) is 51.8 Å². The molecule has 2 saturated heterocycles. The molecule has 1 aromatic heterocycles. The second-order valence-electron chi connectivity index (χ2n) is 6.69. The topological polar surface area (TPSA) is 50.6 Å². The van der Waals surface area contributed by atoms with E-state index in [1.165, 1.54) is 25.9 Å². The fourth-order valence-electron chi connectivity index (χ4n) is 3.66. The Bertz CT molecular complexity index is 531. The lowest BCUT2D eigenvalue weighted by Crippen LogP contribution is -2.47. The molecule has 3 heterocycles. The van der Waals surface area contributed by atoms with Crippen molar-refractivity contribution < 1.29 is 9.53 Å². The molecule has 2 aliphatic heterocycles. The van der Waals surface area contributed by atoms with E-state index in [1.54, 1.807) is 4.68 Å². The molecule has 0 unspecified atom stereocenters. The number of ether oxygens (including phenoxy) is 1. The first kappa shape index (κ1) is 16.5. The molecule has 0 aromatic carbocycles. The van der Waals surface area contributed by atoms with Gasteiger partial charge in [0.1, 0.15) is 5.69 Å². The van der Waals surface area contributed by atoms with E-state index in [2.05, 4.69) is 14.9 Å². The molecule has 2 fully saturated rings. The average Bonchev–Trinajstić information content (AvgIpc) is 3.18. The number of hydrogen-bond acceptors (Lipinski definition) is 4. The van der Waals surface area contributed by atoms with E-state index in [1.807, 2.05) is 20.0 Å². The smallest absolute Gasteiger partial charge is 0.272 e. The van der Waals surface area contributed by atoms with Gasteiger partial charge in [-0.15, -0.1) is 0 Å². The zero-order valence-electron chi connectivity index (χ0n) is 14.3. The maximum atomic E-state index is 13.1. The molecule has 2 aliphatic rings. The van der Waals surface area contributed by atoms with Crippen molar-refractivity contribution in [2.45, 2.75) is 38.6 Å². The van der Waals surface area contributed by atoms with Gasteiger partial charge < -0.3 is 14.5 Å². The maximum Gasteiger partial charge on any atom is 0.272 e. The van der Waals surface area contributed by atoms with E-state index < -0.39 is 0 Å². The summed E-state index contributed by atoms with van der Waals surface area (Å²) in [4.78, 5) is 17.6. The van der Waals surface area contributed by atoms with E-state index in [9.17, 15) is 4.79 Å². The second-order valence-corrected chi connectivity index (χ2v) is 6.69. The molecule has 3 rings (SSSR count). The van der Waals surface area contributed by atoms with Crippen LogP contribution in [0.4, 0.5) is 0 Å². The van der Waals surface area contributed by atoms with Gasteiger partial charge in [-0.25, -0.2) is 0 Å². The number of nitrogens with zero attached hydrogens (tertiary/aromatic N) is 4. The van der Waals surface area contributed by atoms with Crippen LogP contribution < -0.4 is 0 Å². The zero-order chi connectivity index (χ0) is 16.2. The quantitative estimate of drug-likeness (QED) is 0.824. The van der Waals surface area contributed by atoms with Crippen LogP contribution in [0.3, 0.4) is 0 Å². The largest absolute Gasteiger partial charge is 0.381 e. The monoisotopic (exact) mass is 320 g/mol. The Morgan fingerprint density at radius 1 is 1.35 bits per heavy atom. The molecule has 1 amide bonds. The van der Waals surface area contributed by atoms with E-state index in [0.717, 1.165) is 44.8 Å². The molecule has 0 atom stereocenters. The Kier molecular flexibility index (Phi) is 5.33. The van der Waals surface area contributed by atoms with Crippen LogP contribution in [-0.2, 0) is 11.8 Å². The minimum Gasteiger partial charge on any atom is -0.381 e. The summed E-state index contributed by atoms with van der Waals surface area (Å²) in [5, 5.41) is 4.33. The van der Waals surface area contributed by atoms with E-state index in [4.69, 9.17) is 4.74 Å². The highest BCUT2D eigenvalue weighted by molar-refractivity contribution is 5.93. The number of hydrogen-bond donors (Lipinski definition) is 0. The summed E-state index contributed by atoms with van der Waals surface area (Å²) in [6.45, 7) is 7.54. The van der Waals surface area contributed by atoms with Gasteiger partial charge in [-0.1, -0.05) is 0 Å². The molecule has 6 heteroatoms. The van der Waals surface area contributed by atoms with Gasteiger partial charge in [0.2, 0.25) is 0 Å². The van der Waals surface area contributed by atoms with E-state index in [-0.39, 0.29) is 11.9 Å². The number of carbonyl (C=O) groups excluding carboxylic acids is 1. The Hall–Kier alpha value is -1.40. The lowest BCUT2D eigenvalue weighted by Gasteiger charge is -2.35. The van der Waals surface area contributed by atoms with Crippen LogP contribution >= 0.6 is 0 Å². The number of likely N-dealkylation sites (tertiary alicyclic amines) is 1. The van der Waals surface area contributed by atoms with Crippen molar-refractivity contribution in [3.63, 3.8) is 0 Å². The van der Waals surface area contributed by atoms with Gasteiger partial charge in [0.15, 0.2) is 0 Å². The van der Waals surface area contributed by atoms with Crippen molar-refractivity contribution in [1.82, 2.24) is 19.6 Å². The molecule has 0 bridgehead atoms. The van der Waals surface area contributed by atoms with Crippen molar-refractivity contribution in [1.29, 1.82) is 0 Å². The van der Waals surface area contributed by atoms with Crippen LogP contribution in [-0.4, -0.2) is 70.9 Å². The fraction of sp³-hybridized carbons (Fsp3) is 0.765. The second kappa shape index (κ2) is 7.45. The fourth-order valence-corrected chi connectivity index (χ4v) is 3.66. The van der Waals surface area contributed by atoms with Gasteiger partial charge in [-0.3, -0.25) is 9.48 Å². The summed E-state index contributed by atoms with van der Waals surface area (Å²) in [5.41, 5.74) is 1.58. The van der Waals surface area contributed by atoms with Gasteiger partial charge in [0.25, 0.3) is 5.91 Å². The third kappa shape index (κ3) is 3.93. The van der Waals surface area contributed by atoms with Gasteiger partial charge >= 0.3 is 0 Å². The third-order valence-corrected chi connectivity index (χ3v) is 4.97. The van der Waals surface area contributed by atoms with Crippen molar-refractivity contribution >= 4 is 5.91 Å². The Morgan fingerprint density at radius 2 is 2.04 bits per heavy atom. The maximum absolute atomic E-state index is 13.1. The molecule has 0 radical (unpaired) electrons. The first-order chi connectivity index (χ1) is 11.1. The van der Waals surface area contributed by atoms with Crippen molar-refractivity contribution in [2.75, 3.05) is 39.4 Å². The molecule has 0 saturated carbocycles. The Morgan fingerprint density at radius 3 is 2.65 bits per heavy atom. The van der Waals surface area contributed by atoms with Crippen LogP contribution in [0.25, 0.3) is 0 Å². The van der Waals surface area contributed by atoms with Gasteiger partial charge in [-0.2, -0.15) is 5.10 Å². The molecular weight excluding hydrogens is 292 g/mol. The molecule has 6 nitrogen and oxygen atoms in total. The molecule has 0 aliphatic carbocycles. The summed E-state index contributed by atoms with van der Waals surface area (Å²) >= 11 is 0. The predicted molar refractivity (Wildman–Crippen MR) is 88.5 cm³/mol. The molecular formula is C17H28N4O2. The summed E-state index contributed by atoms with van der Waals surface area (Å²) < 4.78 is 7.18. The third-order valence-electron chi connectivity index (χ3n) is 4.97. The van der Waals surface area contributed by atoms with Crippen molar-refractivity contribution in [2.24, 2.45) is 7.05 Å². The standard InChI is InChI=1S/C17H28N4O2/c1-14-13-16(19(2)18-14)17(22)21(15-5-11-23-12-6-15)10-9-20-7-3-4-8-20/h13,15H,3-12H2,1-2H3. The minimum absolute atomic E-state index is 0.110. The SMILES string of the molecule is Cc1cc(C(=O)N(CCN2CCCC2)C2CCOCC2)n(C)n1. The lowest BCUT2D eigenvalue weighted by molar-refractivity contribution is 0.0264. The number of aryl methyl sites for hydroxylation is 2. The zero-order valence-corrected chi connectivity index (χ0v) is 14.3. The van der Waals surface area contributed by atoms with Crippen molar-refractivity contribution in [3.8, 4) is 0 Å². The van der Waals surface area contributed by atoms with Gasteiger partial charge in [0.05, 0.1) is 5.69 Å². The average molecular weight is 320 g/mol. The van der Waals surface area contributed by atoms with Crippen LogP contribution in [0.1, 0.15) is 41.9 Å². The molecule has 23 heavy (non-hydrogen) atoms. The Labute approximate surface area is 138 Å². The first-order valence-corrected chi connectivity index (χ1v) is 8.77. The highest BCUT2D eigenvalue weighted by Gasteiger charge is 2.29. The summed E-state index contributed by atoms with van der Waals surface area (Å²) in [6.07, 6.45) is 4.43. The molecule has 1 aromatic rings. The number of rotatable bonds is 5. The van der Waals surface area contributed by atoms with Crippen LogP contribution in [0.15, 0.2) is 6.07 Å². The number of aromatic nitrogens is 2. The normalized spacial score (nSPS) is 20.1. The minimum atomic E-state index is 0.110. The lowest BCUT2D eigenvalue weighted by atomic mass is 10.1. The molecule has 0 spiro atoms. The van der Waals surface area contributed by atoms with Crippen LogP contribution in [0, 0.1) is 6.92 Å².